The molecule has 1 unspecified atom stereocenters. The average molecular weight is 589 g/mol. The van der Waals surface area contributed by atoms with Gasteiger partial charge in [-0.3, -0.25) is 4.79 Å². The molecule has 0 aliphatic carbocycles. The van der Waals surface area contributed by atoms with Crippen LogP contribution in [0.5, 0.6) is 5.75 Å². The third-order valence-electron chi connectivity index (χ3n) is 7.83. The van der Waals surface area contributed by atoms with Gasteiger partial charge in [-0.05, 0) is 91.4 Å². The van der Waals surface area contributed by atoms with Crippen molar-refractivity contribution in [2.24, 2.45) is 0 Å². The second-order valence-corrected chi connectivity index (χ2v) is 11.5. The topological polar surface area (TPSA) is 99.4 Å². The molecule has 0 saturated heterocycles. The first-order valence-electron chi connectivity index (χ1n) is 15.0. The van der Waals surface area contributed by atoms with E-state index in [4.69, 9.17) is 0 Å². The smallest absolute Gasteiger partial charge is 0.224 e. The van der Waals surface area contributed by atoms with Crippen molar-refractivity contribution in [3.8, 4) is 22.7 Å². The van der Waals surface area contributed by atoms with Crippen molar-refractivity contribution >= 4 is 5.91 Å². The number of carbonyl (C=O) groups excluding carboxylic acids is 1. The molecule has 0 saturated carbocycles. The maximum atomic E-state index is 12.8. The number of amides is 1. The van der Waals surface area contributed by atoms with E-state index in [2.05, 4.69) is 71.3 Å². The van der Waals surface area contributed by atoms with Crippen LogP contribution in [0.25, 0.3) is 16.9 Å². The third kappa shape index (κ3) is 8.01. The van der Waals surface area contributed by atoms with E-state index in [0.717, 1.165) is 57.0 Å². The number of pyridine rings is 1. The summed E-state index contributed by atoms with van der Waals surface area (Å²) >= 11 is 0. The number of aliphatic hydroxyl groups excluding tert-OH is 1. The Morgan fingerprint density at radius 1 is 0.841 bits per heavy atom. The summed E-state index contributed by atoms with van der Waals surface area (Å²) in [6.07, 6.45) is 2.15. The Balaban J connectivity index is 1.09. The van der Waals surface area contributed by atoms with Gasteiger partial charge in [0.05, 0.1) is 12.5 Å². The fourth-order valence-corrected chi connectivity index (χ4v) is 5.44. The number of carbonyl (C=O) groups is 1. The van der Waals surface area contributed by atoms with E-state index in [0.29, 0.717) is 19.5 Å². The van der Waals surface area contributed by atoms with Crippen LogP contribution >= 0.6 is 0 Å². The molecule has 7 nitrogen and oxygen atoms in total. The van der Waals surface area contributed by atoms with E-state index >= 15 is 0 Å². The highest BCUT2D eigenvalue weighted by atomic mass is 16.3. The molecule has 0 aliphatic heterocycles. The molecule has 5 rings (SSSR count). The minimum absolute atomic E-state index is 0.0341. The number of rotatable bonds is 12. The molecule has 0 radical (unpaired) electrons. The van der Waals surface area contributed by atoms with Gasteiger partial charge >= 0.3 is 0 Å². The van der Waals surface area contributed by atoms with Crippen LogP contribution in [0.1, 0.15) is 46.7 Å². The molecular formula is C37H40N4O3. The second kappa shape index (κ2) is 14.2. The molecule has 1 amide bonds. The van der Waals surface area contributed by atoms with Gasteiger partial charge in [-0.25, -0.2) is 4.98 Å². The van der Waals surface area contributed by atoms with Crippen molar-refractivity contribution in [3.63, 3.8) is 0 Å². The lowest BCUT2D eigenvalue weighted by molar-refractivity contribution is -0.120. The van der Waals surface area contributed by atoms with Crippen molar-refractivity contribution in [3.05, 3.63) is 137 Å². The molecule has 0 bridgehead atoms. The number of phenolic OH excluding ortho intramolecular Hbond substituents is 1. The van der Waals surface area contributed by atoms with Gasteiger partial charge in [-0.15, -0.1) is 0 Å². The minimum atomic E-state index is -0.664. The molecule has 0 fully saturated rings. The number of phenols is 1. The molecule has 4 N–H and O–H groups in total. The summed E-state index contributed by atoms with van der Waals surface area (Å²) in [5.74, 6) is 1.04. The van der Waals surface area contributed by atoms with E-state index in [1.165, 1.54) is 0 Å². The van der Waals surface area contributed by atoms with Gasteiger partial charge < -0.3 is 25.4 Å². The number of hydrogen-bond acceptors (Lipinski definition) is 5. The lowest BCUT2D eigenvalue weighted by Crippen LogP contribution is -2.32. The summed E-state index contributed by atoms with van der Waals surface area (Å²) in [6, 6.07) is 31.4. The van der Waals surface area contributed by atoms with E-state index in [1.807, 2.05) is 54.6 Å². The molecule has 2 heterocycles. The number of hydrogen-bond donors (Lipinski definition) is 4. The Bertz CT molecular complexity index is 1670. The summed E-state index contributed by atoms with van der Waals surface area (Å²) in [4.78, 5) is 17.3. The van der Waals surface area contributed by atoms with E-state index in [9.17, 15) is 15.0 Å². The van der Waals surface area contributed by atoms with E-state index < -0.39 is 6.10 Å². The molecule has 44 heavy (non-hydrogen) atoms. The molecule has 7 heteroatoms. The normalized spacial score (nSPS) is 12.5. The highest BCUT2D eigenvalue weighted by Gasteiger charge is 2.13. The molecule has 5 aromatic rings. The van der Waals surface area contributed by atoms with Gasteiger partial charge in [0.15, 0.2) is 0 Å². The fourth-order valence-electron chi connectivity index (χ4n) is 5.44. The third-order valence-corrected chi connectivity index (χ3v) is 7.83. The maximum absolute atomic E-state index is 12.8. The van der Waals surface area contributed by atoms with Crippen LogP contribution in [0, 0.1) is 13.8 Å². The first-order chi connectivity index (χ1) is 21.2. The van der Waals surface area contributed by atoms with Crippen LogP contribution in [0.2, 0.25) is 0 Å². The predicted octanol–water partition coefficient (Wildman–Crippen LogP) is 5.97. The fraction of sp³-hybridized carbons (Fsp3) is 0.243. The lowest BCUT2D eigenvalue weighted by atomic mass is 10.0. The van der Waals surface area contributed by atoms with Gasteiger partial charge in [0.2, 0.25) is 5.91 Å². The monoisotopic (exact) mass is 588 g/mol. The number of aromatic nitrogens is 2. The van der Waals surface area contributed by atoms with E-state index in [1.54, 1.807) is 18.3 Å². The van der Waals surface area contributed by atoms with Crippen LogP contribution in [-0.4, -0.2) is 38.3 Å². The molecule has 2 aromatic heterocycles. The summed E-state index contributed by atoms with van der Waals surface area (Å²) in [5.41, 5.74) is 8.17. The highest BCUT2D eigenvalue weighted by molar-refractivity contribution is 5.78. The zero-order valence-corrected chi connectivity index (χ0v) is 25.5. The van der Waals surface area contributed by atoms with Crippen LogP contribution in [-0.2, 0) is 24.2 Å². The van der Waals surface area contributed by atoms with Crippen molar-refractivity contribution in [1.82, 2.24) is 20.2 Å². The maximum Gasteiger partial charge on any atom is 0.224 e. The quantitative estimate of drug-likeness (QED) is 0.144. The first kappa shape index (κ1) is 30.7. The van der Waals surface area contributed by atoms with Crippen molar-refractivity contribution in [1.29, 1.82) is 0 Å². The molecule has 3 aromatic carbocycles. The molecular weight excluding hydrogens is 548 g/mol. The van der Waals surface area contributed by atoms with Crippen LogP contribution in [0.15, 0.2) is 103 Å². The van der Waals surface area contributed by atoms with Gasteiger partial charge in [-0.2, -0.15) is 0 Å². The van der Waals surface area contributed by atoms with Gasteiger partial charge in [0.25, 0.3) is 0 Å². The summed E-state index contributed by atoms with van der Waals surface area (Å²) in [6.45, 7) is 7.06. The zero-order valence-electron chi connectivity index (χ0n) is 25.5. The standard InChI is InChI=1S/C37H40N4O3/c1-25(38-24-35(43)33-14-17-36(39-23-33)41-26(2)10-11-27(41)3)18-28-6-4-7-29(19-28)21-37(44)40-22-30-8-5-9-32(20-30)31-12-15-34(42)16-13-31/h4-17,19-20,23,25,35,38,42-43H,18,21-22,24H2,1-3H3,(H,40,44)/t25-,35?/m1/s1. The predicted molar refractivity (Wildman–Crippen MR) is 175 cm³/mol. The molecule has 0 aliphatic rings. The molecule has 226 valence electrons. The van der Waals surface area contributed by atoms with Crippen LogP contribution < -0.4 is 10.6 Å². The van der Waals surface area contributed by atoms with Gasteiger partial charge in [0, 0.05) is 42.3 Å². The number of nitrogens with zero attached hydrogens (tertiary/aromatic N) is 2. The van der Waals surface area contributed by atoms with Gasteiger partial charge in [-0.1, -0.05) is 60.7 Å². The number of nitrogens with one attached hydrogen (secondary N) is 2. The minimum Gasteiger partial charge on any atom is -0.508 e. The Morgan fingerprint density at radius 3 is 2.27 bits per heavy atom. The van der Waals surface area contributed by atoms with E-state index in [-0.39, 0.29) is 17.7 Å². The van der Waals surface area contributed by atoms with Crippen molar-refractivity contribution in [2.75, 3.05) is 6.54 Å². The number of aliphatic hydroxyl groups is 1. The van der Waals surface area contributed by atoms with Crippen LogP contribution in [0.3, 0.4) is 0 Å². The van der Waals surface area contributed by atoms with Crippen molar-refractivity contribution in [2.45, 2.75) is 52.3 Å². The summed E-state index contributed by atoms with van der Waals surface area (Å²) in [5, 5.41) is 26.8. The first-order valence-corrected chi connectivity index (χ1v) is 15.0. The summed E-state index contributed by atoms with van der Waals surface area (Å²) in [7, 11) is 0. The van der Waals surface area contributed by atoms with Gasteiger partial charge in [0.1, 0.15) is 11.6 Å². The second-order valence-electron chi connectivity index (χ2n) is 11.5. The Morgan fingerprint density at radius 2 is 1.55 bits per heavy atom. The number of aryl methyl sites for hydroxylation is 2. The average Bonchev–Trinajstić information content (AvgIpc) is 3.37. The number of aromatic hydroxyl groups is 1. The van der Waals surface area contributed by atoms with Crippen molar-refractivity contribution < 1.29 is 15.0 Å². The van der Waals surface area contributed by atoms with Crippen LogP contribution in [0.4, 0.5) is 0 Å². The Labute approximate surface area is 259 Å². The lowest BCUT2D eigenvalue weighted by Gasteiger charge is -2.18. The molecule has 2 atom stereocenters. The molecule has 0 spiro atoms. The zero-order chi connectivity index (χ0) is 31.1. The summed E-state index contributed by atoms with van der Waals surface area (Å²) < 4.78 is 2.09. The Kier molecular flexibility index (Phi) is 9.89. The Hall–Kier alpha value is -4.72. The highest BCUT2D eigenvalue weighted by Crippen LogP contribution is 2.23. The largest absolute Gasteiger partial charge is 0.508 e. The number of benzene rings is 3. The SMILES string of the molecule is Cc1ccc(C)n1-c1ccc(C(O)CN[C@H](C)Cc2cccc(CC(=O)NCc3cccc(-c4ccc(O)cc4)c3)c2)cn1.